The van der Waals surface area contributed by atoms with Gasteiger partial charge in [0.2, 0.25) is 5.91 Å². The summed E-state index contributed by atoms with van der Waals surface area (Å²) in [6, 6.07) is 15.4. The summed E-state index contributed by atoms with van der Waals surface area (Å²) in [6.07, 6.45) is 4.50. The van der Waals surface area contributed by atoms with Crippen molar-refractivity contribution in [3.8, 4) is 0 Å². The normalized spacial score (nSPS) is 14.4. The fourth-order valence-electron chi connectivity index (χ4n) is 3.57. The smallest absolute Gasteiger partial charge is 0.303 e. The number of benzene rings is 2. The number of carboxylic acid groups (broad SMARTS) is 1. The van der Waals surface area contributed by atoms with Crippen LogP contribution < -0.4 is 5.32 Å². The molecule has 0 aliphatic heterocycles. The zero-order chi connectivity index (χ0) is 17.6. The van der Waals surface area contributed by atoms with Gasteiger partial charge in [-0.2, -0.15) is 0 Å². The number of carbonyl (C=O) groups is 2. The molecule has 4 nitrogen and oxygen atoms in total. The van der Waals surface area contributed by atoms with Crippen molar-refractivity contribution >= 4 is 17.6 Å². The lowest BCUT2D eigenvalue weighted by Crippen LogP contribution is -2.19. The van der Waals surface area contributed by atoms with Gasteiger partial charge in [-0.3, -0.25) is 9.59 Å². The number of carbonyl (C=O) groups excluding carboxylic acids is 1. The molecule has 1 unspecified atom stereocenters. The van der Waals surface area contributed by atoms with E-state index >= 15 is 0 Å². The SMILES string of the molecule is O=C(O)CC(CC(=O)Nc1cccc2c1CCCC2)c1ccccc1. The number of amides is 1. The van der Waals surface area contributed by atoms with E-state index in [0.717, 1.165) is 30.5 Å². The molecule has 1 atom stereocenters. The molecule has 0 saturated carbocycles. The van der Waals surface area contributed by atoms with Gasteiger partial charge in [0.25, 0.3) is 0 Å². The van der Waals surface area contributed by atoms with Crippen molar-refractivity contribution in [3.63, 3.8) is 0 Å². The molecule has 25 heavy (non-hydrogen) atoms. The van der Waals surface area contributed by atoms with Crippen molar-refractivity contribution in [2.45, 2.75) is 44.4 Å². The first-order chi connectivity index (χ1) is 12.1. The highest BCUT2D eigenvalue weighted by Gasteiger charge is 2.20. The van der Waals surface area contributed by atoms with Crippen LogP contribution in [0.2, 0.25) is 0 Å². The summed E-state index contributed by atoms with van der Waals surface area (Å²) in [6.45, 7) is 0. The van der Waals surface area contributed by atoms with E-state index in [2.05, 4.69) is 11.4 Å². The number of nitrogens with one attached hydrogen (secondary N) is 1. The number of aryl methyl sites for hydroxylation is 1. The van der Waals surface area contributed by atoms with Gasteiger partial charge < -0.3 is 10.4 Å². The van der Waals surface area contributed by atoms with Gasteiger partial charge in [-0.15, -0.1) is 0 Å². The van der Waals surface area contributed by atoms with Crippen molar-refractivity contribution in [3.05, 3.63) is 65.2 Å². The molecule has 0 heterocycles. The largest absolute Gasteiger partial charge is 0.481 e. The summed E-state index contributed by atoms with van der Waals surface area (Å²) in [7, 11) is 0. The molecule has 0 bridgehead atoms. The monoisotopic (exact) mass is 337 g/mol. The minimum Gasteiger partial charge on any atom is -0.481 e. The summed E-state index contributed by atoms with van der Waals surface area (Å²) in [5.41, 5.74) is 4.31. The minimum atomic E-state index is -0.890. The Hall–Kier alpha value is -2.62. The van der Waals surface area contributed by atoms with E-state index in [0.29, 0.717) is 0 Å². The maximum Gasteiger partial charge on any atom is 0.303 e. The van der Waals surface area contributed by atoms with Crippen molar-refractivity contribution in [1.82, 2.24) is 0 Å². The van der Waals surface area contributed by atoms with Crippen LogP contribution in [0.3, 0.4) is 0 Å². The van der Waals surface area contributed by atoms with Crippen molar-refractivity contribution in [1.29, 1.82) is 0 Å². The first-order valence-corrected chi connectivity index (χ1v) is 8.81. The molecule has 0 fully saturated rings. The van der Waals surface area contributed by atoms with Gasteiger partial charge in [-0.05, 0) is 48.4 Å². The van der Waals surface area contributed by atoms with Gasteiger partial charge >= 0.3 is 5.97 Å². The van der Waals surface area contributed by atoms with Crippen molar-refractivity contribution in [2.24, 2.45) is 0 Å². The highest BCUT2D eigenvalue weighted by atomic mass is 16.4. The quantitative estimate of drug-likeness (QED) is 0.832. The molecule has 0 aromatic heterocycles. The van der Waals surface area contributed by atoms with Crippen LogP contribution in [0.5, 0.6) is 0 Å². The molecule has 0 saturated heterocycles. The maximum absolute atomic E-state index is 12.6. The van der Waals surface area contributed by atoms with Crippen LogP contribution >= 0.6 is 0 Å². The Bertz CT molecular complexity index is 755. The fourth-order valence-corrected chi connectivity index (χ4v) is 3.57. The third-order valence-electron chi connectivity index (χ3n) is 4.79. The molecule has 0 radical (unpaired) electrons. The second kappa shape index (κ2) is 7.97. The first-order valence-electron chi connectivity index (χ1n) is 8.81. The third-order valence-corrected chi connectivity index (χ3v) is 4.79. The van der Waals surface area contributed by atoms with E-state index in [1.807, 2.05) is 42.5 Å². The van der Waals surface area contributed by atoms with Crippen LogP contribution in [0.15, 0.2) is 48.5 Å². The molecule has 0 spiro atoms. The number of hydrogen-bond acceptors (Lipinski definition) is 2. The van der Waals surface area contributed by atoms with Gasteiger partial charge in [0.1, 0.15) is 0 Å². The molecule has 130 valence electrons. The van der Waals surface area contributed by atoms with Crippen LogP contribution in [0.1, 0.15) is 48.3 Å². The van der Waals surface area contributed by atoms with Crippen LogP contribution in [0.25, 0.3) is 0 Å². The lowest BCUT2D eigenvalue weighted by atomic mass is 9.90. The molecule has 1 aliphatic rings. The number of hydrogen-bond donors (Lipinski definition) is 2. The molecule has 1 aliphatic carbocycles. The highest BCUT2D eigenvalue weighted by Crippen LogP contribution is 2.29. The molecular weight excluding hydrogens is 314 g/mol. The Morgan fingerprint density at radius 1 is 0.960 bits per heavy atom. The van der Waals surface area contributed by atoms with E-state index in [1.165, 1.54) is 17.5 Å². The Balaban J connectivity index is 1.73. The molecule has 4 heteroatoms. The summed E-state index contributed by atoms with van der Waals surface area (Å²) in [5, 5.41) is 12.2. The Kier molecular flexibility index (Phi) is 5.49. The van der Waals surface area contributed by atoms with Gasteiger partial charge in [0, 0.05) is 18.0 Å². The number of anilines is 1. The molecule has 1 amide bonds. The highest BCUT2D eigenvalue weighted by molar-refractivity contribution is 5.92. The molecule has 2 N–H and O–H groups in total. The Morgan fingerprint density at radius 3 is 2.48 bits per heavy atom. The van der Waals surface area contributed by atoms with Crippen LogP contribution in [-0.4, -0.2) is 17.0 Å². The Labute approximate surface area is 147 Å². The predicted octanol–water partition coefficient (Wildman–Crippen LogP) is 4.15. The van der Waals surface area contributed by atoms with E-state index in [4.69, 9.17) is 0 Å². The van der Waals surface area contributed by atoms with Crippen LogP contribution in [-0.2, 0) is 22.4 Å². The fraction of sp³-hybridized carbons (Fsp3) is 0.333. The zero-order valence-corrected chi connectivity index (χ0v) is 14.2. The average Bonchev–Trinajstić information content (AvgIpc) is 2.62. The second-order valence-electron chi connectivity index (χ2n) is 6.61. The van der Waals surface area contributed by atoms with Crippen LogP contribution in [0, 0.1) is 0 Å². The molecule has 3 rings (SSSR count). The predicted molar refractivity (Wildman–Crippen MR) is 97.8 cm³/mol. The van der Waals surface area contributed by atoms with E-state index in [1.54, 1.807) is 0 Å². The molecule has 2 aromatic rings. The summed E-state index contributed by atoms with van der Waals surface area (Å²) in [5.74, 6) is -1.34. The van der Waals surface area contributed by atoms with Gasteiger partial charge in [-0.1, -0.05) is 42.5 Å². The van der Waals surface area contributed by atoms with E-state index < -0.39 is 5.97 Å². The van der Waals surface area contributed by atoms with Gasteiger partial charge in [0.05, 0.1) is 6.42 Å². The van der Waals surface area contributed by atoms with E-state index in [-0.39, 0.29) is 24.7 Å². The number of fused-ring (bicyclic) bond motifs is 1. The number of rotatable bonds is 6. The molecule has 2 aromatic carbocycles. The van der Waals surface area contributed by atoms with Gasteiger partial charge in [-0.25, -0.2) is 0 Å². The zero-order valence-electron chi connectivity index (χ0n) is 14.2. The second-order valence-corrected chi connectivity index (χ2v) is 6.61. The lowest BCUT2D eigenvalue weighted by Gasteiger charge is -2.20. The minimum absolute atomic E-state index is 0.0513. The Morgan fingerprint density at radius 2 is 1.72 bits per heavy atom. The maximum atomic E-state index is 12.6. The average molecular weight is 337 g/mol. The summed E-state index contributed by atoms with van der Waals surface area (Å²) in [4.78, 5) is 23.7. The molecular formula is C21H23NO3. The topological polar surface area (TPSA) is 66.4 Å². The number of carboxylic acids is 1. The van der Waals surface area contributed by atoms with Gasteiger partial charge in [0.15, 0.2) is 0 Å². The first kappa shape index (κ1) is 17.2. The third kappa shape index (κ3) is 4.47. The van der Waals surface area contributed by atoms with Crippen molar-refractivity contribution in [2.75, 3.05) is 5.32 Å². The summed E-state index contributed by atoms with van der Waals surface area (Å²) >= 11 is 0. The van der Waals surface area contributed by atoms with Crippen molar-refractivity contribution < 1.29 is 14.7 Å². The standard InChI is InChI=1S/C21H23NO3/c23-20(13-17(14-21(24)25)15-7-2-1-3-8-15)22-19-12-6-10-16-9-4-5-11-18(16)19/h1-3,6-8,10,12,17H,4-5,9,11,13-14H2,(H,22,23)(H,24,25). The van der Waals surface area contributed by atoms with E-state index in [9.17, 15) is 14.7 Å². The lowest BCUT2D eigenvalue weighted by molar-refractivity contribution is -0.137. The summed E-state index contributed by atoms with van der Waals surface area (Å²) < 4.78 is 0. The van der Waals surface area contributed by atoms with Crippen LogP contribution in [0.4, 0.5) is 5.69 Å². The number of aliphatic carboxylic acids is 1.